The molecule has 0 aromatic carbocycles. The van der Waals surface area contributed by atoms with Crippen molar-refractivity contribution in [2.75, 3.05) is 32.7 Å². The third kappa shape index (κ3) is 3.54. The van der Waals surface area contributed by atoms with E-state index in [-0.39, 0.29) is 0 Å². The van der Waals surface area contributed by atoms with E-state index in [1.165, 1.54) is 0 Å². The summed E-state index contributed by atoms with van der Waals surface area (Å²) in [6, 6.07) is 4.36. The van der Waals surface area contributed by atoms with E-state index >= 15 is 0 Å². The lowest BCUT2D eigenvalue weighted by atomic mass is 9.99. The van der Waals surface area contributed by atoms with Crippen LogP contribution in [0, 0.1) is 5.92 Å². The van der Waals surface area contributed by atoms with Gasteiger partial charge in [-0.25, -0.2) is 9.97 Å². The van der Waals surface area contributed by atoms with Gasteiger partial charge < -0.3 is 9.47 Å². The molecule has 2 aliphatic heterocycles. The molecule has 4 rings (SSSR count). The molecular weight excluding hydrogens is 314 g/mol. The maximum absolute atomic E-state index is 12.5. The van der Waals surface area contributed by atoms with Crippen LogP contribution in [0.1, 0.15) is 38.6 Å². The molecule has 2 aliphatic rings. The van der Waals surface area contributed by atoms with E-state index in [4.69, 9.17) is 0 Å². The second-order valence-electron chi connectivity index (χ2n) is 7.57. The van der Waals surface area contributed by atoms with Crippen molar-refractivity contribution < 1.29 is 4.79 Å². The predicted molar refractivity (Wildman–Crippen MR) is 97.2 cm³/mol. The maximum atomic E-state index is 12.5. The van der Waals surface area contributed by atoms with Gasteiger partial charge in [-0.05, 0) is 43.7 Å². The molecule has 6 heteroatoms. The van der Waals surface area contributed by atoms with Gasteiger partial charge in [-0.2, -0.15) is 0 Å². The number of imidazole rings is 1. The number of rotatable bonds is 3. The predicted octanol–water partition coefficient (Wildman–Crippen LogP) is 2.33. The van der Waals surface area contributed by atoms with Crippen molar-refractivity contribution in [1.82, 2.24) is 24.3 Å². The molecule has 2 saturated heterocycles. The van der Waals surface area contributed by atoms with Crippen LogP contribution in [0.4, 0.5) is 0 Å². The Bertz CT molecular complexity index is 726. The highest BCUT2D eigenvalue weighted by Gasteiger charge is 2.26. The number of fused-ring (bicyclic) bond motifs is 1. The minimum Gasteiger partial charge on any atom is -0.342 e. The summed E-state index contributed by atoms with van der Waals surface area (Å²) in [5.41, 5.74) is 1.93. The molecule has 134 valence electrons. The average Bonchev–Trinajstić information content (AvgIpc) is 3.07. The Hall–Kier alpha value is -1.95. The van der Waals surface area contributed by atoms with Crippen molar-refractivity contribution in [3.05, 3.63) is 24.7 Å². The minimum atomic E-state index is 0.306. The highest BCUT2D eigenvalue weighted by atomic mass is 16.2. The molecule has 25 heavy (non-hydrogen) atoms. The number of likely N-dealkylation sites (tertiary alicyclic amines) is 2. The van der Waals surface area contributed by atoms with Crippen LogP contribution in [-0.2, 0) is 4.79 Å². The summed E-state index contributed by atoms with van der Waals surface area (Å²) in [4.78, 5) is 25.8. The van der Waals surface area contributed by atoms with Crippen molar-refractivity contribution in [2.45, 2.75) is 38.6 Å². The summed E-state index contributed by atoms with van der Waals surface area (Å²) in [5, 5.41) is 0. The topological polar surface area (TPSA) is 54.3 Å². The summed E-state index contributed by atoms with van der Waals surface area (Å²) in [5.74, 6) is 1.07. The smallest absolute Gasteiger partial charge is 0.236 e. The molecule has 0 aliphatic carbocycles. The number of carbonyl (C=O) groups is 1. The van der Waals surface area contributed by atoms with Gasteiger partial charge in [0, 0.05) is 38.4 Å². The Morgan fingerprint density at radius 3 is 2.64 bits per heavy atom. The number of hydrogen-bond acceptors (Lipinski definition) is 4. The fourth-order valence-corrected chi connectivity index (χ4v) is 4.04. The fraction of sp³-hybridized carbons (Fsp3) is 0.632. The van der Waals surface area contributed by atoms with Crippen molar-refractivity contribution >= 4 is 17.1 Å². The third-order valence-corrected chi connectivity index (χ3v) is 5.78. The number of amides is 1. The molecule has 2 fully saturated rings. The van der Waals surface area contributed by atoms with Gasteiger partial charge in [0.2, 0.25) is 5.91 Å². The van der Waals surface area contributed by atoms with Crippen LogP contribution in [0.15, 0.2) is 24.7 Å². The van der Waals surface area contributed by atoms with Gasteiger partial charge in [0.25, 0.3) is 0 Å². The zero-order valence-electron chi connectivity index (χ0n) is 15.0. The number of pyridine rings is 1. The Morgan fingerprint density at radius 1 is 1.12 bits per heavy atom. The molecule has 2 aromatic rings. The Labute approximate surface area is 148 Å². The average molecular weight is 341 g/mol. The maximum Gasteiger partial charge on any atom is 0.236 e. The highest BCUT2D eigenvalue weighted by molar-refractivity contribution is 5.78. The lowest BCUT2D eigenvalue weighted by Crippen LogP contribution is -2.46. The molecule has 1 amide bonds. The number of aromatic nitrogens is 3. The molecule has 0 saturated carbocycles. The lowest BCUT2D eigenvalue weighted by Gasteiger charge is -2.35. The first-order valence-corrected chi connectivity index (χ1v) is 9.48. The van der Waals surface area contributed by atoms with Crippen LogP contribution in [-0.4, -0.2) is 63.0 Å². The SMILES string of the molecule is CC1CCN(C(=O)CN2CCC(n3cnc4cccnc43)CC2)CC1. The Kier molecular flexibility index (Phi) is 4.70. The van der Waals surface area contributed by atoms with E-state index < -0.39 is 0 Å². The number of piperidine rings is 2. The van der Waals surface area contributed by atoms with E-state index in [0.29, 0.717) is 18.5 Å². The van der Waals surface area contributed by atoms with Crippen LogP contribution in [0.25, 0.3) is 11.2 Å². The summed E-state index contributed by atoms with van der Waals surface area (Å²) in [6.07, 6.45) is 8.13. The van der Waals surface area contributed by atoms with Gasteiger partial charge >= 0.3 is 0 Å². The first kappa shape index (κ1) is 16.5. The monoisotopic (exact) mass is 341 g/mol. The molecular formula is C19H27N5O. The molecule has 0 N–H and O–H groups in total. The quantitative estimate of drug-likeness (QED) is 0.860. The molecule has 0 spiro atoms. The van der Waals surface area contributed by atoms with Gasteiger partial charge in [0.15, 0.2) is 5.65 Å². The first-order valence-electron chi connectivity index (χ1n) is 9.48. The first-order chi connectivity index (χ1) is 12.2. The van der Waals surface area contributed by atoms with Crippen molar-refractivity contribution in [3.8, 4) is 0 Å². The van der Waals surface area contributed by atoms with Crippen LogP contribution in [0.3, 0.4) is 0 Å². The molecule has 0 radical (unpaired) electrons. The van der Waals surface area contributed by atoms with Gasteiger partial charge in [0.05, 0.1) is 12.9 Å². The highest BCUT2D eigenvalue weighted by Crippen LogP contribution is 2.25. The summed E-state index contributed by atoms with van der Waals surface area (Å²) >= 11 is 0. The van der Waals surface area contributed by atoms with E-state index in [1.807, 2.05) is 24.7 Å². The zero-order chi connectivity index (χ0) is 17.2. The van der Waals surface area contributed by atoms with Crippen LogP contribution >= 0.6 is 0 Å². The van der Waals surface area contributed by atoms with Crippen LogP contribution in [0.2, 0.25) is 0 Å². The second kappa shape index (κ2) is 7.12. The van der Waals surface area contributed by atoms with E-state index in [9.17, 15) is 4.79 Å². The van der Waals surface area contributed by atoms with Gasteiger partial charge in [-0.1, -0.05) is 6.92 Å². The Balaban J connectivity index is 1.32. The number of hydrogen-bond donors (Lipinski definition) is 0. The largest absolute Gasteiger partial charge is 0.342 e. The van der Waals surface area contributed by atoms with Crippen molar-refractivity contribution in [1.29, 1.82) is 0 Å². The Morgan fingerprint density at radius 2 is 1.88 bits per heavy atom. The normalized spacial score (nSPS) is 21.1. The van der Waals surface area contributed by atoms with Gasteiger partial charge in [-0.3, -0.25) is 9.69 Å². The summed E-state index contributed by atoms with van der Waals surface area (Å²) in [6.45, 7) is 6.65. The molecule has 0 unspecified atom stereocenters. The molecule has 6 nitrogen and oxygen atoms in total. The summed E-state index contributed by atoms with van der Waals surface area (Å²) in [7, 11) is 0. The second-order valence-corrected chi connectivity index (χ2v) is 7.57. The standard InChI is InChI=1S/C19H27N5O/c1-15-4-11-23(12-5-15)18(25)13-22-9-6-16(7-10-22)24-14-21-17-3-2-8-20-19(17)24/h2-3,8,14-16H,4-7,9-13H2,1H3. The van der Waals surface area contributed by atoms with Crippen LogP contribution in [0.5, 0.6) is 0 Å². The molecule has 0 atom stereocenters. The van der Waals surface area contributed by atoms with Gasteiger partial charge in [0.1, 0.15) is 5.52 Å². The van der Waals surface area contributed by atoms with Crippen molar-refractivity contribution in [2.24, 2.45) is 5.92 Å². The number of carbonyl (C=O) groups excluding carboxylic acids is 1. The van der Waals surface area contributed by atoms with E-state index in [1.54, 1.807) is 0 Å². The third-order valence-electron chi connectivity index (χ3n) is 5.78. The molecule has 0 bridgehead atoms. The zero-order valence-corrected chi connectivity index (χ0v) is 15.0. The molecule has 4 heterocycles. The summed E-state index contributed by atoms with van der Waals surface area (Å²) < 4.78 is 2.21. The van der Waals surface area contributed by atoms with E-state index in [2.05, 4.69) is 31.3 Å². The van der Waals surface area contributed by atoms with E-state index in [0.717, 1.165) is 68.9 Å². The number of nitrogens with zero attached hydrogens (tertiary/aromatic N) is 5. The van der Waals surface area contributed by atoms with Crippen molar-refractivity contribution in [3.63, 3.8) is 0 Å². The molecule has 2 aromatic heterocycles. The fourth-order valence-electron chi connectivity index (χ4n) is 4.04. The lowest BCUT2D eigenvalue weighted by molar-refractivity contribution is -0.134. The van der Waals surface area contributed by atoms with Gasteiger partial charge in [-0.15, -0.1) is 0 Å². The van der Waals surface area contributed by atoms with Crippen LogP contribution < -0.4 is 0 Å². The minimum absolute atomic E-state index is 0.306.